The van der Waals surface area contributed by atoms with Crippen LogP contribution in [0.4, 0.5) is 0 Å². The summed E-state index contributed by atoms with van der Waals surface area (Å²) < 4.78 is 21.9. The molecule has 4 rings (SSSR count). The molecule has 0 radical (unpaired) electrons. The van der Waals surface area contributed by atoms with Gasteiger partial charge in [0.25, 0.3) is 0 Å². The number of hydroxylamine groups is 2. The van der Waals surface area contributed by atoms with Gasteiger partial charge >= 0.3 is 5.97 Å². The monoisotopic (exact) mass is 456 g/mol. The lowest BCUT2D eigenvalue weighted by Crippen LogP contribution is -2.43. The van der Waals surface area contributed by atoms with E-state index in [1.165, 1.54) is 14.2 Å². The van der Waals surface area contributed by atoms with Crippen molar-refractivity contribution in [2.75, 3.05) is 21.0 Å². The number of ether oxygens (including phenoxy) is 4. The lowest BCUT2D eigenvalue weighted by atomic mass is 9.90. The molecule has 9 heteroatoms. The third kappa shape index (κ3) is 4.11. The molecule has 0 bridgehead atoms. The first-order chi connectivity index (χ1) is 15.8. The number of hydrogen-bond acceptors (Lipinski definition) is 8. The minimum atomic E-state index is -0.983. The van der Waals surface area contributed by atoms with Crippen molar-refractivity contribution in [1.82, 2.24) is 9.96 Å². The largest absolute Gasteiger partial charge is 0.493 e. The van der Waals surface area contributed by atoms with E-state index in [-0.39, 0.29) is 13.2 Å². The Morgan fingerprint density at radius 3 is 2.58 bits per heavy atom. The molecule has 9 nitrogen and oxygen atoms in total. The lowest BCUT2D eigenvalue weighted by molar-refractivity contribution is -0.144. The van der Waals surface area contributed by atoms with E-state index in [0.717, 1.165) is 16.3 Å². The normalized spacial score (nSPS) is 18.0. The lowest BCUT2D eigenvalue weighted by Gasteiger charge is -2.37. The minimum absolute atomic E-state index is 0.184. The highest BCUT2D eigenvalue weighted by Gasteiger charge is 2.42. The van der Waals surface area contributed by atoms with E-state index >= 15 is 0 Å². The highest BCUT2D eigenvalue weighted by molar-refractivity contribution is 5.69. The van der Waals surface area contributed by atoms with Crippen LogP contribution in [-0.2, 0) is 11.3 Å². The molecular formula is C24H28N2O7. The molecule has 2 aromatic carbocycles. The fourth-order valence-corrected chi connectivity index (χ4v) is 4.51. The molecule has 2 aliphatic heterocycles. The van der Waals surface area contributed by atoms with Crippen molar-refractivity contribution in [2.45, 2.75) is 38.9 Å². The predicted molar refractivity (Wildman–Crippen MR) is 118 cm³/mol. The molecule has 2 N–H and O–H groups in total. The summed E-state index contributed by atoms with van der Waals surface area (Å²) in [7, 11) is 3.05. The van der Waals surface area contributed by atoms with Crippen LogP contribution in [-0.4, -0.2) is 53.4 Å². The minimum Gasteiger partial charge on any atom is -0.493 e. The van der Waals surface area contributed by atoms with Crippen molar-refractivity contribution in [2.24, 2.45) is 0 Å². The first-order valence-corrected chi connectivity index (χ1v) is 10.6. The summed E-state index contributed by atoms with van der Waals surface area (Å²) in [6.07, 6.45) is -0.892. The summed E-state index contributed by atoms with van der Waals surface area (Å²) in [5.74, 6) is 0.691. The Hall–Kier alpha value is -3.59. The third-order valence-electron chi connectivity index (χ3n) is 6.25. The van der Waals surface area contributed by atoms with Gasteiger partial charge in [-0.25, -0.2) is 5.06 Å². The number of methoxy groups -OCH3 is 2. The van der Waals surface area contributed by atoms with Gasteiger partial charge in [0.05, 0.1) is 26.3 Å². The van der Waals surface area contributed by atoms with Gasteiger partial charge in [-0.05, 0) is 37.6 Å². The zero-order chi connectivity index (χ0) is 23.7. The van der Waals surface area contributed by atoms with Gasteiger partial charge in [0.2, 0.25) is 6.79 Å². The van der Waals surface area contributed by atoms with E-state index in [4.69, 9.17) is 18.9 Å². The average Bonchev–Trinajstić information content (AvgIpc) is 3.35. The Labute approximate surface area is 192 Å². The number of aliphatic carboxylic acids is 1. The zero-order valence-electron chi connectivity index (χ0n) is 19.1. The molecule has 33 heavy (non-hydrogen) atoms. The molecule has 2 heterocycles. The van der Waals surface area contributed by atoms with E-state index in [1.54, 1.807) is 12.1 Å². The molecule has 0 aliphatic carbocycles. The van der Waals surface area contributed by atoms with E-state index in [0.29, 0.717) is 40.8 Å². The summed E-state index contributed by atoms with van der Waals surface area (Å²) in [6, 6.07) is 11.0. The molecule has 176 valence electrons. The summed E-state index contributed by atoms with van der Waals surface area (Å²) in [6.45, 7) is 4.34. The molecule has 2 aliphatic rings. The van der Waals surface area contributed by atoms with Crippen molar-refractivity contribution in [3.63, 3.8) is 0 Å². The summed E-state index contributed by atoms with van der Waals surface area (Å²) in [5, 5.41) is 22.0. The second kappa shape index (κ2) is 9.11. The summed E-state index contributed by atoms with van der Waals surface area (Å²) >= 11 is 0. The van der Waals surface area contributed by atoms with Gasteiger partial charge in [0.15, 0.2) is 23.0 Å². The van der Waals surface area contributed by atoms with Crippen molar-refractivity contribution in [3.05, 3.63) is 58.9 Å². The van der Waals surface area contributed by atoms with Crippen LogP contribution < -0.4 is 18.9 Å². The van der Waals surface area contributed by atoms with E-state index in [1.807, 2.05) is 43.0 Å². The number of nitrogens with zero attached hydrogens (tertiary/aromatic N) is 2. The molecule has 0 saturated carbocycles. The van der Waals surface area contributed by atoms with Gasteiger partial charge in [-0.2, -0.15) is 0 Å². The van der Waals surface area contributed by atoms with E-state index in [2.05, 4.69) is 0 Å². The molecular weight excluding hydrogens is 428 g/mol. The second-order valence-electron chi connectivity index (χ2n) is 8.03. The van der Waals surface area contributed by atoms with Crippen LogP contribution in [0.1, 0.15) is 37.3 Å². The number of carbonyl (C=O) groups is 1. The van der Waals surface area contributed by atoms with Crippen LogP contribution in [0, 0.1) is 0 Å². The Morgan fingerprint density at radius 1 is 1.12 bits per heavy atom. The average molecular weight is 456 g/mol. The van der Waals surface area contributed by atoms with Crippen molar-refractivity contribution >= 4 is 5.97 Å². The highest BCUT2D eigenvalue weighted by atomic mass is 16.7. The second-order valence-corrected chi connectivity index (χ2v) is 8.03. The number of para-hydroxylation sites is 1. The Kier molecular flexibility index (Phi) is 6.24. The standard InChI is InChI=1S/C24H28N2O7/c1-14-15(2)26(29)24(25(14)12-16-8-9-19-21(10-16)33-13-32-19)18(11-22(27)28)17-6-5-7-20(30-3)23(17)31-4/h5-10,18,24,29H,11-13H2,1-4H3,(H,27,28). The van der Waals surface area contributed by atoms with Crippen molar-refractivity contribution in [1.29, 1.82) is 0 Å². The smallest absolute Gasteiger partial charge is 0.304 e. The van der Waals surface area contributed by atoms with Crippen LogP contribution >= 0.6 is 0 Å². The van der Waals surface area contributed by atoms with Crippen LogP contribution in [0.15, 0.2) is 47.8 Å². The number of allylic oxidation sites excluding steroid dienone is 2. The summed E-state index contributed by atoms with van der Waals surface area (Å²) in [5.41, 5.74) is 3.08. The van der Waals surface area contributed by atoms with Crippen molar-refractivity contribution < 1.29 is 34.1 Å². The number of carboxylic acid groups (broad SMARTS) is 1. The number of hydrogen-bond donors (Lipinski definition) is 2. The van der Waals surface area contributed by atoms with Gasteiger partial charge in [0.1, 0.15) is 6.17 Å². The van der Waals surface area contributed by atoms with Crippen LogP contribution in [0.5, 0.6) is 23.0 Å². The Balaban J connectivity index is 1.76. The molecule has 0 saturated heterocycles. The number of fused-ring (bicyclic) bond motifs is 1. The fourth-order valence-electron chi connectivity index (χ4n) is 4.51. The zero-order valence-corrected chi connectivity index (χ0v) is 19.1. The topological polar surface area (TPSA) is 101 Å². The molecule has 2 aromatic rings. The first kappa shape index (κ1) is 22.6. The van der Waals surface area contributed by atoms with Gasteiger partial charge in [-0.15, -0.1) is 0 Å². The number of benzene rings is 2. The summed E-state index contributed by atoms with van der Waals surface area (Å²) in [4.78, 5) is 13.9. The number of rotatable bonds is 8. The Bertz CT molecular complexity index is 1080. The molecule has 2 atom stereocenters. The molecule has 0 spiro atoms. The quantitative estimate of drug-likeness (QED) is 0.615. The van der Waals surface area contributed by atoms with Gasteiger partial charge < -0.3 is 29.0 Å². The maximum absolute atomic E-state index is 11.9. The maximum Gasteiger partial charge on any atom is 0.304 e. The first-order valence-electron chi connectivity index (χ1n) is 10.6. The molecule has 2 unspecified atom stereocenters. The van der Waals surface area contributed by atoms with E-state index < -0.39 is 18.1 Å². The van der Waals surface area contributed by atoms with Gasteiger partial charge in [-0.3, -0.25) is 10.0 Å². The number of carboxylic acids is 1. The van der Waals surface area contributed by atoms with Crippen LogP contribution in [0.3, 0.4) is 0 Å². The van der Waals surface area contributed by atoms with Crippen LogP contribution in [0.2, 0.25) is 0 Å². The molecule has 0 fully saturated rings. The third-order valence-corrected chi connectivity index (χ3v) is 6.25. The predicted octanol–water partition coefficient (Wildman–Crippen LogP) is 3.78. The van der Waals surface area contributed by atoms with Crippen LogP contribution in [0.25, 0.3) is 0 Å². The van der Waals surface area contributed by atoms with Gasteiger partial charge in [-0.1, -0.05) is 18.2 Å². The SMILES string of the molecule is COc1cccc(C(CC(=O)O)C2N(O)C(C)=C(C)N2Cc2ccc3c(c2)OCO3)c1OC. The molecule has 0 aromatic heterocycles. The molecule has 0 amide bonds. The van der Waals surface area contributed by atoms with Crippen molar-refractivity contribution in [3.8, 4) is 23.0 Å². The fraction of sp³-hybridized carbons (Fsp3) is 0.375. The highest BCUT2D eigenvalue weighted by Crippen LogP contribution is 2.44. The van der Waals surface area contributed by atoms with E-state index in [9.17, 15) is 15.1 Å². The van der Waals surface area contributed by atoms with Gasteiger partial charge in [0, 0.05) is 23.7 Å². The maximum atomic E-state index is 11.9. The Morgan fingerprint density at radius 2 is 1.88 bits per heavy atom.